The van der Waals surface area contributed by atoms with Gasteiger partial charge in [-0.2, -0.15) is 0 Å². The topological polar surface area (TPSA) is 77.5 Å². The van der Waals surface area contributed by atoms with E-state index in [1.807, 2.05) is 0 Å². The van der Waals surface area contributed by atoms with Crippen molar-refractivity contribution < 1.29 is 19.1 Å². The Bertz CT molecular complexity index is 398. The molecule has 0 aliphatic heterocycles. The Kier molecular flexibility index (Phi) is 5.08. The number of carbonyl (C=O) groups is 2. The normalized spacial score (nSPS) is 10.8. The molecule has 0 unspecified atom stereocenters. The Morgan fingerprint density at radius 1 is 1.44 bits per heavy atom. The summed E-state index contributed by atoms with van der Waals surface area (Å²) in [5.74, 6) is -0.498. The Hall–Kier alpha value is -1.63. The van der Waals surface area contributed by atoms with Gasteiger partial charge < -0.3 is 14.8 Å². The molecule has 0 saturated heterocycles. The highest BCUT2D eigenvalue weighted by Crippen LogP contribution is 2.06. The number of thiazole rings is 1. The number of nitrogens with zero attached hydrogens (tertiary/aromatic N) is 1. The molecule has 1 N–H and O–H groups in total. The standard InChI is InChI=1S/C11H16N2O4S/c1-11(2,3)17-10(15)12-4-5-16-9(14)8-6-18-7-13-8/h6-7H,4-5H2,1-3H3,(H,12,15). The zero-order valence-corrected chi connectivity index (χ0v) is 11.4. The third-order valence-corrected chi connectivity index (χ3v) is 2.23. The van der Waals surface area contributed by atoms with Crippen molar-refractivity contribution in [2.45, 2.75) is 26.4 Å². The smallest absolute Gasteiger partial charge is 0.407 e. The summed E-state index contributed by atoms with van der Waals surface area (Å²) in [5.41, 5.74) is 1.29. The van der Waals surface area contributed by atoms with E-state index in [1.165, 1.54) is 11.3 Å². The number of ether oxygens (including phenoxy) is 2. The fourth-order valence-corrected chi connectivity index (χ4v) is 1.52. The molecule has 0 bridgehead atoms. The van der Waals surface area contributed by atoms with Crippen LogP contribution in [0.15, 0.2) is 10.9 Å². The third-order valence-electron chi connectivity index (χ3n) is 1.64. The summed E-state index contributed by atoms with van der Waals surface area (Å²) in [5, 5.41) is 4.08. The Morgan fingerprint density at radius 3 is 2.72 bits per heavy atom. The van der Waals surface area contributed by atoms with Gasteiger partial charge in [0, 0.05) is 5.38 Å². The SMILES string of the molecule is CC(C)(C)OC(=O)NCCOC(=O)c1cscn1. The molecule has 0 fully saturated rings. The Morgan fingerprint density at radius 2 is 2.17 bits per heavy atom. The second-order valence-corrected chi connectivity index (χ2v) is 5.16. The lowest BCUT2D eigenvalue weighted by Gasteiger charge is -2.19. The van der Waals surface area contributed by atoms with Crippen LogP contribution in [0.2, 0.25) is 0 Å². The van der Waals surface area contributed by atoms with Crippen molar-refractivity contribution >= 4 is 23.4 Å². The molecular formula is C11H16N2O4S. The second kappa shape index (κ2) is 6.34. The average Bonchev–Trinajstić information content (AvgIpc) is 2.74. The highest BCUT2D eigenvalue weighted by atomic mass is 32.1. The molecule has 100 valence electrons. The number of amides is 1. The van der Waals surface area contributed by atoms with Gasteiger partial charge in [-0.3, -0.25) is 0 Å². The van der Waals surface area contributed by atoms with E-state index in [0.29, 0.717) is 0 Å². The molecular weight excluding hydrogens is 256 g/mol. The first kappa shape index (κ1) is 14.4. The van der Waals surface area contributed by atoms with Crippen LogP contribution in [0.4, 0.5) is 4.79 Å². The van der Waals surface area contributed by atoms with Crippen molar-refractivity contribution in [1.82, 2.24) is 10.3 Å². The van der Waals surface area contributed by atoms with Gasteiger partial charge in [0.2, 0.25) is 0 Å². The highest BCUT2D eigenvalue weighted by molar-refractivity contribution is 7.07. The quantitative estimate of drug-likeness (QED) is 0.668. The number of hydrogen-bond donors (Lipinski definition) is 1. The van der Waals surface area contributed by atoms with E-state index >= 15 is 0 Å². The van der Waals surface area contributed by atoms with Crippen LogP contribution >= 0.6 is 11.3 Å². The largest absolute Gasteiger partial charge is 0.459 e. The summed E-state index contributed by atoms with van der Waals surface area (Å²) in [4.78, 5) is 26.4. The molecule has 1 aromatic heterocycles. The van der Waals surface area contributed by atoms with Crippen LogP contribution in [0.3, 0.4) is 0 Å². The van der Waals surface area contributed by atoms with Crippen molar-refractivity contribution in [1.29, 1.82) is 0 Å². The first-order chi connectivity index (χ1) is 8.38. The van der Waals surface area contributed by atoms with Gasteiger partial charge >= 0.3 is 12.1 Å². The van der Waals surface area contributed by atoms with Crippen molar-refractivity contribution in [3.8, 4) is 0 Å². The molecule has 1 amide bonds. The van der Waals surface area contributed by atoms with Crippen molar-refractivity contribution in [2.24, 2.45) is 0 Å². The van der Waals surface area contributed by atoms with Crippen LogP contribution < -0.4 is 5.32 Å². The summed E-state index contributed by atoms with van der Waals surface area (Å²) in [7, 11) is 0. The van der Waals surface area contributed by atoms with Gasteiger partial charge in [0.05, 0.1) is 12.1 Å². The van der Waals surface area contributed by atoms with Crippen LogP contribution in [0.5, 0.6) is 0 Å². The van der Waals surface area contributed by atoms with Gasteiger partial charge in [0.25, 0.3) is 0 Å². The number of carbonyl (C=O) groups excluding carboxylic acids is 2. The number of rotatable bonds is 4. The first-order valence-electron chi connectivity index (χ1n) is 5.40. The lowest BCUT2D eigenvalue weighted by Crippen LogP contribution is -2.34. The van der Waals surface area contributed by atoms with Crippen molar-refractivity contribution in [3.05, 3.63) is 16.6 Å². The van der Waals surface area contributed by atoms with Crippen molar-refractivity contribution in [3.63, 3.8) is 0 Å². The van der Waals surface area contributed by atoms with Crippen molar-refractivity contribution in [2.75, 3.05) is 13.2 Å². The molecule has 6 nitrogen and oxygen atoms in total. The summed E-state index contributed by atoms with van der Waals surface area (Å²) in [6.45, 7) is 5.60. The summed E-state index contributed by atoms with van der Waals surface area (Å²) >= 11 is 1.32. The maximum atomic E-state index is 11.4. The zero-order valence-electron chi connectivity index (χ0n) is 10.6. The van der Waals surface area contributed by atoms with Crippen LogP contribution in [0, 0.1) is 0 Å². The molecule has 0 saturated carbocycles. The monoisotopic (exact) mass is 272 g/mol. The maximum absolute atomic E-state index is 11.4. The van der Waals surface area contributed by atoms with Crippen LogP contribution in [-0.2, 0) is 9.47 Å². The predicted molar refractivity (Wildman–Crippen MR) is 66.6 cm³/mol. The molecule has 1 aromatic rings. The summed E-state index contributed by atoms with van der Waals surface area (Å²) in [6.07, 6.45) is -0.535. The molecule has 0 aliphatic carbocycles. The summed E-state index contributed by atoms with van der Waals surface area (Å²) < 4.78 is 9.92. The van der Waals surface area contributed by atoms with E-state index in [2.05, 4.69) is 10.3 Å². The Balaban J connectivity index is 2.16. The van der Waals surface area contributed by atoms with Gasteiger partial charge in [0.1, 0.15) is 12.2 Å². The first-order valence-corrected chi connectivity index (χ1v) is 6.35. The number of esters is 1. The number of nitrogens with one attached hydrogen (secondary N) is 1. The van der Waals surface area contributed by atoms with Gasteiger partial charge in [-0.1, -0.05) is 0 Å². The molecule has 0 atom stereocenters. The van der Waals surface area contributed by atoms with Crippen LogP contribution in [0.1, 0.15) is 31.3 Å². The fraction of sp³-hybridized carbons (Fsp3) is 0.545. The van der Waals surface area contributed by atoms with E-state index < -0.39 is 17.7 Å². The van der Waals surface area contributed by atoms with E-state index in [4.69, 9.17) is 9.47 Å². The molecule has 0 aliphatic rings. The molecule has 0 spiro atoms. The lowest BCUT2D eigenvalue weighted by molar-refractivity contribution is 0.0430. The predicted octanol–water partition coefficient (Wildman–Crippen LogP) is 1.82. The van der Waals surface area contributed by atoms with E-state index in [0.717, 1.165) is 0 Å². The van der Waals surface area contributed by atoms with Gasteiger partial charge in [0.15, 0.2) is 5.69 Å². The third kappa shape index (κ3) is 5.62. The van der Waals surface area contributed by atoms with Gasteiger partial charge in [-0.25, -0.2) is 14.6 Å². The van der Waals surface area contributed by atoms with Gasteiger partial charge in [-0.15, -0.1) is 11.3 Å². The molecule has 18 heavy (non-hydrogen) atoms. The molecule has 7 heteroatoms. The maximum Gasteiger partial charge on any atom is 0.407 e. The van der Waals surface area contributed by atoms with E-state index in [1.54, 1.807) is 31.7 Å². The molecule has 0 aromatic carbocycles. The van der Waals surface area contributed by atoms with E-state index in [9.17, 15) is 9.59 Å². The minimum absolute atomic E-state index is 0.0790. The van der Waals surface area contributed by atoms with Crippen LogP contribution in [0.25, 0.3) is 0 Å². The van der Waals surface area contributed by atoms with Crippen LogP contribution in [-0.4, -0.2) is 35.8 Å². The molecule has 0 radical (unpaired) electrons. The minimum Gasteiger partial charge on any atom is -0.459 e. The second-order valence-electron chi connectivity index (χ2n) is 4.44. The number of aromatic nitrogens is 1. The average molecular weight is 272 g/mol. The lowest BCUT2D eigenvalue weighted by atomic mass is 10.2. The van der Waals surface area contributed by atoms with E-state index in [-0.39, 0.29) is 18.8 Å². The number of hydrogen-bond acceptors (Lipinski definition) is 6. The minimum atomic E-state index is -0.540. The number of alkyl carbamates (subject to hydrolysis) is 1. The van der Waals surface area contributed by atoms with Gasteiger partial charge in [-0.05, 0) is 20.8 Å². The zero-order chi connectivity index (χ0) is 13.6. The summed E-state index contributed by atoms with van der Waals surface area (Å²) in [6, 6.07) is 0. The molecule has 1 rings (SSSR count). The molecule has 1 heterocycles. The fourth-order valence-electron chi connectivity index (χ4n) is 0.998. The Labute approximate surface area is 109 Å². The highest BCUT2D eigenvalue weighted by Gasteiger charge is 2.15.